The number of nitriles is 1. The highest BCUT2D eigenvalue weighted by Crippen LogP contribution is 2.22. The van der Waals surface area contributed by atoms with Crippen LogP contribution in [0.3, 0.4) is 0 Å². The van der Waals surface area contributed by atoms with E-state index in [1.165, 1.54) is 12.1 Å². The number of carbonyl (C=O) groups is 1. The summed E-state index contributed by atoms with van der Waals surface area (Å²) in [6.45, 7) is 0.0298. The van der Waals surface area contributed by atoms with E-state index in [-0.39, 0.29) is 29.5 Å². The molecule has 0 radical (unpaired) electrons. The molecule has 0 N–H and O–H groups in total. The molecule has 0 atom stereocenters. The zero-order valence-corrected chi connectivity index (χ0v) is 13.0. The number of ether oxygens (including phenoxy) is 2. The number of nitro benzene ring substituents is 1. The molecule has 0 fully saturated rings. The molecule has 0 aliphatic carbocycles. The Morgan fingerprint density at radius 2 is 1.92 bits per heavy atom. The first-order chi connectivity index (χ1) is 11.5. The van der Waals surface area contributed by atoms with Gasteiger partial charge in [-0.15, -0.1) is 0 Å². The van der Waals surface area contributed by atoms with Gasteiger partial charge >= 0.3 is 5.97 Å². The van der Waals surface area contributed by atoms with Crippen LogP contribution in [0, 0.1) is 21.4 Å². The number of non-ortho nitro benzene ring substituents is 1. The van der Waals surface area contributed by atoms with Crippen molar-refractivity contribution in [2.75, 3.05) is 13.2 Å². The number of carbonyl (C=O) groups excluding carboxylic acids is 1. The highest BCUT2D eigenvalue weighted by atomic mass is 35.5. The Bertz CT molecular complexity index is 799. The van der Waals surface area contributed by atoms with Crippen molar-refractivity contribution in [3.63, 3.8) is 0 Å². The Morgan fingerprint density at radius 3 is 2.54 bits per heavy atom. The summed E-state index contributed by atoms with van der Waals surface area (Å²) in [7, 11) is 0. The minimum Gasteiger partial charge on any atom is -0.490 e. The number of hydrogen-bond acceptors (Lipinski definition) is 6. The van der Waals surface area contributed by atoms with Crippen molar-refractivity contribution < 1.29 is 19.2 Å². The predicted octanol–water partition coefficient (Wildman–Crippen LogP) is 3.36. The molecule has 0 aliphatic rings. The molecule has 0 unspecified atom stereocenters. The Morgan fingerprint density at radius 1 is 1.21 bits per heavy atom. The molecule has 2 aromatic rings. The summed E-state index contributed by atoms with van der Waals surface area (Å²) < 4.78 is 10.3. The van der Waals surface area contributed by atoms with Crippen LogP contribution in [0.2, 0.25) is 5.02 Å². The zero-order valence-electron chi connectivity index (χ0n) is 12.3. The lowest BCUT2D eigenvalue weighted by atomic mass is 10.2. The van der Waals surface area contributed by atoms with E-state index in [1.54, 1.807) is 24.3 Å². The minimum atomic E-state index is -0.771. The highest BCUT2D eigenvalue weighted by Gasteiger charge is 2.17. The van der Waals surface area contributed by atoms with Crippen molar-refractivity contribution in [1.29, 1.82) is 5.26 Å². The van der Waals surface area contributed by atoms with Gasteiger partial charge in [0.25, 0.3) is 5.69 Å². The molecule has 0 saturated heterocycles. The maximum absolute atomic E-state index is 11.9. The van der Waals surface area contributed by atoms with Gasteiger partial charge in [-0.1, -0.05) is 11.6 Å². The smallest absolute Gasteiger partial charge is 0.340 e. The number of nitrogens with zero attached hydrogens (tertiary/aromatic N) is 2. The molecule has 7 nitrogen and oxygen atoms in total. The SMILES string of the molecule is N#Cc1ccc(OCCOC(=O)c2cc([N+](=O)[O-])ccc2Cl)cc1. The molecule has 0 saturated carbocycles. The molecular weight excluding hydrogens is 336 g/mol. The molecule has 0 aliphatic heterocycles. The summed E-state index contributed by atoms with van der Waals surface area (Å²) in [6, 6.07) is 12.0. The second-order valence-electron chi connectivity index (χ2n) is 4.54. The van der Waals surface area contributed by atoms with Gasteiger partial charge in [0.2, 0.25) is 0 Å². The van der Waals surface area contributed by atoms with Crippen molar-refractivity contribution in [1.82, 2.24) is 0 Å². The van der Waals surface area contributed by atoms with E-state index in [2.05, 4.69) is 0 Å². The molecule has 0 spiro atoms. The first-order valence-electron chi connectivity index (χ1n) is 6.75. The van der Waals surface area contributed by atoms with Crippen molar-refractivity contribution in [3.05, 3.63) is 68.7 Å². The minimum absolute atomic E-state index is 0.0577. The molecule has 24 heavy (non-hydrogen) atoms. The summed E-state index contributed by atoms with van der Waals surface area (Å²) in [6.07, 6.45) is 0. The summed E-state index contributed by atoms with van der Waals surface area (Å²) >= 11 is 5.85. The van der Waals surface area contributed by atoms with E-state index in [0.29, 0.717) is 11.3 Å². The van der Waals surface area contributed by atoms with Crippen LogP contribution in [-0.4, -0.2) is 24.1 Å². The van der Waals surface area contributed by atoms with Crippen molar-refractivity contribution in [2.45, 2.75) is 0 Å². The van der Waals surface area contributed by atoms with Crippen LogP contribution in [0.1, 0.15) is 15.9 Å². The van der Waals surface area contributed by atoms with Gasteiger partial charge in [-0.25, -0.2) is 4.79 Å². The average molecular weight is 347 g/mol. The third kappa shape index (κ3) is 4.44. The van der Waals surface area contributed by atoms with Gasteiger partial charge in [0, 0.05) is 12.1 Å². The molecule has 0 heterocycles. The van der Waals surface area contributed by atoms with Crippen LogP contribution in [0.25, 0.3) is 0 Å². The number of esters is 1. The molecule has 122 valence electrons. The van der Waals surface area contributed by atoms with Crippen LogP contribution < -0.4 is 4.74 Å². The molecule has 8 heteroatoms. The first-order valence-corrected chi connectivity index (χ1v) is 7.13. The monoisotopic (exact) mass is 346 g/mol. The number of benzene rings is 2. The van der Waals surface area contributed by atoms with E-state index in [4.69, 9.17) is 26.3 Å². The lowest BCUT2D eigenvalue weighted by molar-refractivity contribution is -0.384. The fourth-order valence-corrected chi connectivity index (χ4v) is 1.98. The molecule has 2 rings (SSSR count). The predicted molar refractivity (Wildman–Crippen MR) is 85.0 cm³/mol. The summed E-state index contributed by atoms with van der Waals surface area (Å²) in [4.78, 5) is 22.0. The highest BCUT2D eigenvalue weighted by molar-refractivity contribution is 6.33. The fraction of sp³-hybridized carbons (Fsp3) is 0.125. The van der Waals surface area contributed by atoms with Gasteiger partial charge in [-0.2, -0.15) is 5.26 Å². The second-order valence-corrected chi connectivity index (χ2v) is 4.95. The number of hydrogen-bond donors (Lipinski definition) is 0. The molecule has 0 bridgehead atoms. The zero-order chi connectivity index (χ0) is 17.5. The normalized spacial score (nSPS) is 9.83. The molecule has 2 aromatic carbocycles. The summed E-state index contributed by atoms with van der Waals surface area (Å²) in [5.41, 5.74) is 0.179. The molecule has 0 amide bonds. The van der Waals surface area contributed by atoms with Gasteiger partial charge in [0.05, 0.1) is 27.1 Å². The Labute approximate surface area is 142 Å². The average Bonchev–Trinajstić information content (AvgIpc) is 2.59. The second kappa shape index (κ2) is 7.94. The quantitative estimate of drug-likeness (QED) is 0.344. The van der Waals surface area contributed by atoms with Gasteiger partial charge in [0.1, 0.15) is 19.0 Å². The largest absolute Gasteiger partial charge is 0.490 e. The van der Waals surface area contributed by atoms with Crippen molar-refractivity contribution in [3.8, 4) is 11.8 Å². The standard InChI is InChI=1S/C16H11ClN2O5/c17-15-6-3-12(19(21)22)9-14(15)16(20)24-8-7-23-13-4-1-11(10-18)2-5-13/h1-6,9H,7-8H2. The lowest BCUT2D eigenvalue weighted by Crippen LogP contribution is -2.13. The van der Waals surface area contributed by atoms with Crippen LogP contribution in [0.15, 0.2) is 42.5 Å². The Balaban J connectivity index is 1.88. The maximum atomic E-state index is 11.9. The van der Waals surface area contributed by atoms with E-state index in [1.807, 2.05) is 6.07 Å². The topological polar surface area (TPSA) is 102 Å². The number of nitro groups is 1. The third-order valence-corrected chi connectivity index (χ3v) is 3.28. The molecule has 0 aromatic heterocycles. The van der Waals surface area contributed by atoms with Gasteiger partial charge in [-0.3, -0.25) is 10.1 Å². The molecular formula is C16H11ClN2O5. The fourth-order valence-electron chi connectivity index (χ4n) is 1.78. The van der Waals surface area contributed by atoms with Crippen molar-refractivity contribution >= 4 is 23.3 Å². The number of halogens is 1. The van der Waals surface area contributed by atoms with Crippen LogP contribution in [-0.2, 0) is 4.74 Å². The maximum Gasteiger partial charge on any atom is 0.340 e. The van der Waals surface area contributed by atoms with E-state index >= 15 is 0 Å². The van der Waals surface area contributed by atoms with Gasteiger partial charge < -0.3 is 9.47 Å². The van der Waals surface area contributed by atoms with Crippen LogP contribution in [0.4, 0.5) is 5.69 Å². The van der Waals surface area contributed by atoms with Crippen LogP contribution in [0.5, 0.6) is 5.75 Å². The first kappa shape index (κ1) is 17.2. The van der Waals surface area contributed by atoms with E-state index in [0.717, 1.165) is 6.07 Å². The summed E-state index contributed by atoms with van der Waals surface area (Å²) in [5, 5.41) is 19.5. The van der Waals surface area contributed by atoms with Crippen LogP contribution >= 0.6 is 11.6 Å². The Kier molecular flexibility index (Phi) is 5.71. The van der Waals surface area contributed by atoms with Gasteiger partial charge in [-0.05, 0) is 30.3 Å². The summed E-state index contributed by atoms with van der Waals surface area (Å²) in [5.74, 6) is -0.245. The number of rotatable bonds is 6. The Hall–Kier alpha value is -3.11. The van der Waals surface area contributed by atoms with Crippen molar-refractivity contribution in [2.24, 2.45) is 0 Å². The van der Waals surface area contributed by atoms with E-state index in [9.17, 15) is 14.9 Å². The van der Waals surface area contributed by atoms with E-state index < -0.39 is 10.9 Å². The van der Waals surface area contributed by atoms with Gasteiger partial charge in [0.15, 0.2) is 0 Å². The lowest BCUT2D eigenvalue weighted by Gasteiger charge is -2.08. The third-order valence-electron chi connectivity index (χ3n) is 2.95.